The first kappa shape index (κ1) is 70.3. The Hall–Kier alpha value is -9.00. The average molecular weight is 1390 g/mol. The largest absolute Gasteiger partial charge is 0.469 e. The van der Waals surface area contributed by atoms with Crippen molar-refractivity contribution in [3.05, 3.63) is 142 Å². The molecule has 8 atom stereocenters. The van der Waals surface area contributed by atoms with Crippen LogP contribution in [0.5, 0.6) is 0 Å². The Labute approximate surface area is 559 Å². The van der Waals surface area contributed by atoms with Crippen LogP contribution in [0.4, 0.5) is 53.5 Å². The molecule has 4 fully saturated rings. The first-order chi connectivity index (χ1) is 46.9. The van der Waals surface area contributed by atoms with E-state index in [1.165, 1.54) is 86.5 Å². The predicted octanol–water partition coefficient (Wildman–Crippen LogP) is 10.2. The summed E-state index contributed by atoms with van der Waals surface area (Å²) in [7, 11) is 1.36. The van der Waals surface area contributed by atoms with Crippen LogP contribution in [0, 0.1) is 29.1 Å². The molecule has 524 valence electrons. The van der Waals surface area contributed by atoms with Crippen molar-refractivity contribution in [2.75, 3.05) is 76.4 Å². The summed E-state index contributed by atoms with van der Waals surface area (Å²) in [6.07, 6.45) is -0.292. The van der Waals surface area contributed by atoms with Gasteiger partial charge in [-0.2, -0.15) is 0 Å². The second kappa shape index (κ2) is 29.6. The molecule has 0 unspecified atom stereocenters. The fraction of sp³-hybridized carbons (Fsp3) is 0.455. The lowest BCUT2D eigenvalue weighted by molar-refractivity contribution is -0.138. The van der Waals surface area contributed by atoms with Crippen LogP contribution in [0.3, 0.4) is 0 Å². The topological polar surface area (TPSA) is 298 Å². The highest BCUT2D eigenvalue weighted by Crippen LogP contribution is 2.51. The van der Waals surface area contributed by atoms with Gasteiger partial charge in [0.15, 0.2) is 18.4 Å². The number of carbonyl (C=O) groups excluding carboxylic acids is 5. The number of likely N-dealkylation sites (tertiary alicyclic amines) is 2. The molecule has 26 nitrogen and oxygen atoms in total. The molecule has 0 aliphatic carbocycles. The molecule has 0 saturated carbocycles. The summed E-state index contributed by atoms with van der Waals surface area (Å²) in [4.78, 5) is 111. The Kier molecular flexibility index (Phi) is 21.2. The molecular weight excluding hydrogens is 1310 g/mol. The minimum absolute atomic E-state index is 0.00115. The summed E-state index contributed by atoms with van der Waals surface area (Å²) in [5.74, 6) is -4.62. The number of amides is 5. The number of aromatic amines is 1. The molecule has 0 spiro atoms. The third-order valence-corrected chi connectivity index (χ3v) is 19.5. The van der Waals surface area contributed by atoms with Gasteiger partial charge in [0.25, 0.3) is 0 Å². The van der Waals surface area contributed by atoms with Crippen molar-refractivity contribution in [1.82, 2.24) is 44.9 Å². The normalized spacial score (nSPS) is 19.6. The number of imidazole rings is 2. The fourth-order valence-electron chi connectivity index (χ4n) is 13.9. The van der Waals surface area contributed by atoms with Crippen LogP contribution < -0.4 is 25.3 Å². The number of aromatic nitrogens is 5. The predicted molar refractivity (Wildman–Crippen MR) is 345 cm³/mol. The number of fused-ring (bicyclic) bond motifs is 2. The minimum atomic E-state index is -4.98. The molecule has 4 aromatic carbocycles. The summed E-state index contributed by atoms with van der Waals surface area (Å²) in [6, 6.07) is 10.5. The summed E-state index contributed by atoms with van der Waals surface area (Å²) in [5, 5.41) is 5.11. The van der Waals surface area contributed by atoms with Crippen molar-refractivity contribution in [3.8, 4) is 0 Å². The quantitative estimate of drug-likeness (QED) is 0.0254. The van der Waals surface area contributed by atoms with E-state index in [1.807, 2.05) is 0 Å². The summed E-state index contributed by atoms with van der Waals surface area (Å²) >= 11 is 0. The number of carbonyl (C=O) groups is 5. The molecule has 7 heterocycles. The number of anilines is 3. The van der Waals surface area contributed by atoms with E-state index in [-0.39, 0.29) is 107 Å². The molecular formula is C66H76F5N12O14P. The average Bonchev–Trinajstić information content (AvgIpc) is 1.59. The highest BCUT2D eigenvalue weighted by Gasteiger charge is 2.44. The second-order valence-corrected chi connectivity index (χ2v) is 25.9. The number of methoxy groups -OCH3 is 4. The van der Waals surface area contributed by atoms with Crippen molar-refractivity contribution >= 4 is 77.2 Å². The van der Waals surface area contributed by atoms with Crippen molar-refractivity contribution in [1.29, 1.82) is 0 Å². The van der Waals surface area contributed by atoms with Gasteiger partial charge in [-0.15, -0.1) is 0 Å². The molecule has 3 aromatic heterocycles. The lowest BCUT2D eigenvalue weighted by atomic mass is 9.89. The zero-order valence-electron chi connectivity index (χ0n) is 54.8. The minimum Gasteiger partial charge on any atom is -0.453 e. The number of pyridine rings is 1. The highest BCUT2D eigenvalue weighted by molar-refractivity contribution is 7.46. The smallest absolute Gasteiger partial charge is 0.453 e. The van der Waals surface area contributed by atoms with Crippen LogP contribution >= 0.6 is 7.82 Å². The van der Waals surface area contributed by atoms with Crippen LogP contribution in [-0.4, -0.2) is 160 Å². The van der Waals surface area contributed by atoms with Crippen molar-refractivity contribution in [3.63, 3.8) is 0 Å². The number of H-pyrrole nitrogens is 1. The van der Waals surface area contributed by atoms with Crippen LogP contribution in [0.2, 0.25) is 0 Å². The molecule has 32 heteroatoms. The number of hydrogen-bond acceptors (Lipinski definition) is 17. The third-order valence-electron chi connectivity index (χ3n) is 19.1. The number of ether oxygens (including phenoxy) is 5. The van der Waals surface area contributed by atoms with Gasteiger partial charge in [0, 0.05) is 88.2 Å². The maximum atomic E-state index is 17.8. The monoisotopic (exact) mass is 1390 g/mol. The van der Waals surface area contributed by atoms with Gasteiger partial charge >= 0.3 is 26.1 Å². The number of alkyl carbamates (subject to hydrolysis) is 2. The Balaban J connectivity index is 0.997. The second-order valence-electron chi connectivity index (χ2n) is 24.7. The zero-order chi connectivity index (χ0) is 70.0. The standard InChI is InChI=1S/C66H76F5N12O14P/c1-35(92-4)56(76-64(86)94-6)62(84)80-23-9-12-53(80)59-73-48-29-42(44(68)31-49(48)74-59)51-18-19-52(83(51)41-27-46(70)58(47(71)28-41)79-25-20-38(21-26-79)37-14-16-40(67)17-15-37)43-30-55-50(32-45(43)69)75-61(54-13-10-24-81(54)63(85)57(36(2)93-5)77-65(87)95-7)82(55)34-96-66(88)78(3)60-39(11-8-22-72-60)33-97-98(89,90)91/h8,11,14-17,22,27-32,35-36,38,51-54,56-57H,9-10,12-13,18-21,23-26,33-34H2,1-7H3,(H,73,74)(H,76,86)(H,77,87)(H2,89,90,91)/t35-,36-,51-,52-,53+,54+,56+,57+/m1/s1. The van der Waals surface area contributed by atoms with E-state index in [0.717, 1.165) is 35.8 Å². The number of nitrogens with one attached hydrogen (secondary N) is 3. The van der Waals surface area contributed by atoms with Gasteiger partial charge in [0.05, 0.1) is 79.3 Å². The number of phosphoric ester groups is 1. The lowest BCUT2D eigenvalue weighted by Crippen LogP contribution is -2.54. The van der Waals surface area contributed by atoms with E-state index in [1.54, 1.807) is 40.7 Å². The number of halogens is 5. The number of benzene rings is 4. The van der Waals surface area contributed by atoms with Gasteiger partial charge in [-0.25, -0.2) is 55.9 Å². The van der Waals surface area contributed by atoms with Crippen LogP contribution in [-0.2, 0) is 55.7 Å². The van der Waals surface area contributed by atoms with Gasteiger partial charge in [0.1, 0.15) is 52.7 Å². The molecule has 5 N–H and O–H groups in total. The van der Waals surface area contributed by atoms with Crippen LogP contribution in [0.1, 0.15) is 129 Å². The van der Waals surface area contributed by atoms with Gasteiger partial charge in [0.2, 0.25) is 11.8 Å². The number of rotatable bonds is 21. The Morgan fingerprint density at radius 3 is 1.85 bits per heavy atom. The SMILES string of the molecule is COC(=O)N[C@H](C(=O)N1CCC[C@H]1c1nc2cc(F)c([C@H]3CC[C@H](c4cc5c(cc4F)nc([C@@H]4CCCN4C(=O)[C@@H](NC(=O)OC)[C@@H](C)OC)n5COC(=O)N(C)c4ncccc4COP(=O)(O)O)N3c3cc(F)c(N4CCC(c5ccc(F)cc5)CC4)c(F)c3)cc2[nH]1)[C@@H](C)OC. The zero-order valence-corrected chi connectivity index (χ0v) is 55.7. The van der Waals surface area contributed by atoms with Gasteiger partial charge < -0.3 is 68.7 Å². The molecule has 5 amide bonds. The molecule has 4 saturated heterocycles. The summed E-state index contributed by atoms with van der Waals surface area (Å²) in [5.41, 5.74) is 1.30. The maximum absolute atomic E-state index is 17.8. The number of piperidine rings is 1. The third kappa shape index (κ3) is 14.6. The summed E-state index contributed by atoms with van der Waals surface area (Å²) < 4.78 is 128. The van der Waals surface area contributed by atoms with Crippen LogP contribution in [0.15, 0.2) is 79.0 Å². The number of hydrogen-bond donors (Lipinski definition) is 5. The Morgan fingerprint density at radius 1 is 0.694 bits per heavy atom. The number of phosphoric acid groups is 1. The molecule has 4 aliphatic rings. The van der Waals surface area contributed by atoms with Gasteiger partial charge in [-0.1, -0.05) is 18.2 Å². The first-order valence-electron chi connectivity index (χ1n) is 32.0. The summed E-state index contributed by atoms with van der Waals surface area (Å²) in [6.45, 7) is 2.81. The van der Waals surface area contributed by atoms with E-state index in [9.17, 15) is 42.7 Å². The van der Waals surface area contributed by atoms with E-state index >= 15 is 17.6 Å². The maximum Gasteiger partial charge on any atom is 0.469 e. The van der Waals surface area contributed by atoms with Gasteiger partial charge in [-0.05, 0) is 119 Å². The molecule has 11 rings (SSSR count). The fourth-order valence-corrected chi connectivity index (χ4v) is 14.2. The lowest BCUT2D eigenvalue weighted by Gasteiger charge is -2.36. The van der Waals surface area contributed by atoms with E-state index in [4.69, 9.17) is 38.2 Å². The van der Waals surface area contributed by atoms with Crippen molar-refractivity contribution in [2.45, 2.75) is 133 Å². The van der Waals surface area contributed by atoms with E-state index in [0.29, 0.717) is 50.0 Å². The van der Waals surface area contributed by atoms with E-state index < -0.39 is 123 Å². The van der Waals surface area contributed by atoms with Crippen molar-refractivity contribution in [2.24, 2.45) is 0 Å². The van der Waals surface area contributed by atoms with Gasteiger partial charge in [-0.3, -0.25) is 23.6 Å². The molecule has 4 aliphatic heterocycles. The number of nitrogens with zero attached hydrogens (tertiary/aromatic N) is 9. The Bertz CT molecular complexity index is 4150. The van der Waals surface area contributed by atoms with Crippen molar-refractivity contribution < 1.29 is 88.5 Å². The molecule has 0 bridgehead atoms. The van der Waals surface area contributed by atoms with Crippen LogP contribution in [0.25, 0.3) is 22.1 Å². The molecule has 0 radical (unpaired) electrons. The molecule has 7 aromatic rings. The first-order valence-corrected chi connectivity index (χ1v) is 33.5. The highest BCUT2D eigenvalue weighted by atomic mass is 31.2. The van der Waals surface area contributed by atoms with E-state index in [2.05, 4.69) is 20.6 Å². The molecule has 98 heavy (non-hydrogen) atoms. The Morgan fingerprint density at radius 2 is 1.27 bits per heavy atom.